The Bertz CT molecular complexity index is 742. The Morgan fingerprint density at radius 3 is 2.55 bits per heavy atom. The molecule has 2 unspecified atom stereocenters. The van der Waals surface area contributed by atoms with Gasteiger partial charge >= 0.3 is 11.9 Å². The molecule has 158 valence electrons. The zero-order chi connectivity index (χ0) is 20.4. The number of nitrogens with zero attached hydrogens (tertiary/aromatic N) is 1. The van der Waals surface area contributed by atoms with E-state index in [0.717, 1.165) is 37.9 Å². The fourth-order valence-corrected chi connectivity index (χ4v) is 4.70. The number of carbonyl (C=O) groups is 2. The Labute approximate surface area is 170 Å². The van der Waals surface area contributed by atoms with Gasteiger partial charge in [-0.15, -0.1) is 0 Å². The summed E-state index contributed by atoms with van der Waals surface area (Å²) in [6.45, 7) is 3.77. The molecule has 2 heterocycles. The SMILES string of the molecule is CC12OC(=O)C(=O)OC1CCN2CCCOc1ccc(C2CCC(O)CC2)cc1. The van der Waals surface area contributed by atoms with E-state index in [1.165, 1.54) is 5.56 Å². The molecule has 0 amide bonds. The summed E-state index contributed by atoms with van der Waals surface area (Å²) >= 11 is 0. The van der Waals surface area contributed by atoms with Crippen LogP contribution in [0.4, 0.5) is 0 Å². The van der Waals surface area contributed by atoms with Crippen LogP contribution in [-0.4, -0.2) is 59.6 Å². The van der Waals surface area contributed by atoms with E-state index in [1.54, 1.807) is 6.92 Å². The van der Waals surface area contributed by atoms with E-state index in [9.17, 15) is 14.7 Å². The summed E-state index contributed by atoms with van der Waals surface area (Å²) in [6, 6.07) is 8.27. The number of hydrogen-bond acceptors (Lipinski definition) is 7. The maximum atomic E-state index is 11.6. The fourth-order valence-electron chi connectivity index (χ4n) is 4.70. The number of aliphatic hydroxyl groups excluding tert-OH is 1. The molecule has 0 bridgehead atoms. The summed E-state index contributed by atoms with van der Waals surface area (Å²) in [4.78, 5) is 25.0. The third kappa shape index (κ3) is 4.26. The van der Waals surface area contributed by atoms with Gasteiger partial charge in [-0.25, -0.2) is 9.59 Å². The molecule has 0 radical (unpaired) electrons. The number of likely N-dealkylation sites (tertiary alicyclic amines) is 1. The molecule has 2 saturated heterocycles. The maximum absolute atomic E-state index is 11.6. The first-order valence-corrected chi connectivity index (χ1v) is 10.6. The standard InChI is InChI=1S/C22H29NO6/c1-22-19(28-20(25)21(26)29-22)11-13-23(22)12-2-14-27-18-9-5-16(6-10-18)15-3-7-17(24)8-4-15/h5-6,9-10,15,17,19,24H,2-4,7-8,11-14H2,1H3. The molecule has 1 N–H and O–H groups in total. The number of esters is 2. The van der Waals surface area contributed by atoms with Crippen molar-refractivity contribution in [3.8, 4) is 5.75 Å². The smallest absolute Gasteiger partial charge is 0.419 e. The van der Waals surface area contributed by atoms with Crippen LogP contribution in [0.1, 0.15) is 56.9 Å². The molecule has 1 aromatic rings. The van der Waals surface area contributed by atoms with Crippen LogP contribution in [0.15, 0.2) is 24.3 Å². The van der Waals surface area contributed by atoms with Crippen molar-refractivity contribution in [2.75, 3.05) is 19.7 Å². The van der Waals surface area contributed by atoms with Crippen LogP contribution in [0.2, 0.25) is 0 Å². The average Bonchev–Trinajstić information content (AvgIpc) is 3.02. The summed E-state index contributed by atoms with van der Waals surface area (Å²) in [6.07, 6.45) is 4.74. The second-order valence-corrected chi connectivity index (χ2v) is 8.39. The van der Waals surface area contributed by atoms with Gasteiger partial charge in [0.05, 0.1) is 12.7 Å². The van der Waals surface area contributed by atoms with E-state index in [4.69, 9.17) is 14.2 Å². The van der Waals surface area contributed by atoms with Crippen LogP contribution in [0, 0.1) is 0 Å². The van der Waals surface area contributed by atoms with Crippen molar-refractivity contribution in [3.63, 3.8) is 0 Å². The molecule has 29 heavy (non-hydrogen) atoms. The topological polar surface area (TPSA) is 85.3 Å². The normalized spacial score (nSPS) is 32.4. The maximum Gasteiger partial charge on any atom is 0.419 e. The van der Waals surface area contributed by atoms with Crippen LogP contribution in [0.25, 0.3) is 0 Å². The van der Waals surface area contributed by atoms with Crippen LogP contribution in [-0.2, 0) is 19.1 Å². The molecule has 3 fully saturated rings. The van der Waals surface area contributed by atoms with Crippen molar-refractivity contribution in [1.29, 1.82) is 0 Å². The van der Waals surface area contributed by atoms with Crippen molar-refractivity contribution in [2.45, 2.75) is 69.3 Å². The number of carbonyl (C=O) groups excluding carboxylic acids is 2. The van der Waals surface area contributed by atoms with Gasteiger partial charge < -0.3 is 19.3 Å². The number of ether oxygens (including phenoxy) is 3. The Hall–Kier alpha value is -2.12. The summed E-state index contributed by atoms with van der Waals surface area (Å²) in [5.41, 5.74) is 0.439. The van der Waals surface area contributed by atoms with Crippen molar-refractivity contribution >= 4 is 11.9 Å². The Morgan fingerprint density at radius 1 is 1.10 bits per heavy atom. The van der Waals surface area contributed by atoms with Gasteiger partial charge in [0, 0.05) is 19.5 Å². The Morgan fingerprint density at radius 2 is 1.83 bits per heavy atom. The number of fused-ring (bicyclic) bond motifs is 1. The second-order valence-electron chi connectivity index (χ2n) is 8.39. The third-order valence-electron chi connectivity index (χ3n) is 6.49. The minimum absolute atomic E-state index is 0.133. The molecule has 3 aliphatic rings. The van der Waals surface area contributed by atoms with Gasteiger partial charge in [-0.3, -0.25) is 4.90 Å². The van der Waals surface area contributed by atoms with Crippen molar-refractivity contribution in [1.82, 2.24) is 4.90 Å². The predicted molar refractivity (Wildman–Crippen MR) is 104 cm³/mol. The molecule has 2 aliphatic heterocycles. The zero-order valence-corrected chi connectivity index (χ0v) is 16.8. The molecule has 7 nitrogen and oxygen atoms in total. The van der Waals surface area contributed by atoms with Crippen LogP contribution >= 0.6 is 0 Å². The molecule has 4 rings (SSSR count). The summed E-state index contributed by atoms with van der Waals surface area (Å²) in [7, 11) is 0. The molecule has 1 aliphatic carbocycles. The van der Waals surface area contributed by atoms with Gasteiger partial charge in [-0.2, -0.15) is 0 Å². The van der Waals surface area contributed by atoms with Crippen LogP contribution in [0.3, 0.4) is 0 Å². The number of benzene rings is 1. The van der Waals surface area contributed by atoms with E-state index in [-0.39, 0.29) is 6.10 Å². The lowest BCUT2D eigenvalue weighted by atomic mass is 9.83. The first-order valence-electron chi connectivity index (χ1n) is 10.6. The van der Waals surface area contributed by atoms with Crippen molar-refractivity contribution in [3.05, 3.63) is 29.8 Å². The summed E-state index contributed by atoms with van der Waals surface area (Å²) in [5.74, 6) is -0.443. The van der Waals surface area contributed by atoms with Gasteiger partial charge in [-0.1, -0.05) is 12.1 Å². The minimum Gasteiger partial charge on any atom is -0.494 e. The first kappa shape index (κ1) is 20.2. The van der Waals surface area contributed by atoms with E-state index in [1.807, 2.05) is 17.0 Å². The van der Waals surface area contributed by atoms with Gasteiger partial charge in [0.15, 0.2) is 6.10 Å². The quantitative estimate of drug-likeness (QED) is 0.443. The highest BCUT2D eigenvalue weighted by atomic mass is 16.7. The van der Waals surface area contributed by atoms with E-state index < -0.39 is 23.8 Å². The molecular formula is C22H29NO6. The molecule has 7 heteroatoms. The average molecular weight is 403 g/mol. The molecule has 0 spiro atoms. The lowest BCUT2D eigenvalue weighted by Crippen LogP contribution is -2.57. The monoisotopic (exact) mass is 403 g/mol. The lowest BCUT2D eigenvalue weighted by molar-refractivity contribution is -0.227. The minimum atomic E-state index is -0.917. The predicted octanol–water partition coefficient (Wildman–Crippen LogP) is 2.36. The highest BCUT2D eigenvalue weighted by Gasteiger charge is 2.55. The van der Waals surface area contributed by atoms with E-state index in [0.29, 0.717) is 32.0 Å². The number of aliphatic hydroxyl groups is 1. The fraction of sp³-hybridized carbons (Fsp3) is 0.636. The van der Waals surface area contributed by atoms with Gasteiger partial charge in [0.1, 0.15) is 5.75 Å². The Balaban J connectivity index is 1.23. The van der Waals surface area contributed by atoms with Gasteiger partial charge in [-0.05, 0) is 62.6 Å². The van der Waals surface area contributed by atoms with Gasteiger partial charge in [0.2, 0.25) is 5.72 Å². The third-order valence-corrected chi connectivity index (χ3v) is 6.49. The molecule has 1 aromatic carbocycles. The highest BCUT2D eigenvalue weighted by molar-refractivity contribution is 6.30. The number of hydrogen-bond donors (Lipinski definition) is 1. The van der Waals surface area contributed by atoms with E-state index in [2.05, 4.69) is 12.1 Å². The summed E-state index contributed by atoms with van der Waals surface area (Å²) in [5, 5.41) is 9.65. The van der Waals surface area contributed by atoms with Crippen molar-refractivity contribution < 1.29 is 28.9 Å². The second kappa shape index (κ2) is 8.32. The largest absolute Gasteiger partial charge is 0.494 e. The lowest BCUT2D eigenvalue weighted by Gasteiger charge is -2.40. The molecule has 2 atom stereocenters. The highest BCUT2D eigenvalue weighted by Crippen LogP contribution is 2.36. The van der Waals surface area contributed by atoms with Crippen molar-refractivity contribution in [2.24, 2.45) is 0 Å². The van der Waals surface area contributed by atoms with Crippen LogP contribution < -0.4 is 4.74 Å². The molecule has 1 saturated carbocycles. The number of rotatable bonds is 6. The first-order chi connectivity index (χ1) is 14.0. The van der Waals surface area contributed by atoms with Crippen LogP contribution in [0.5, 0.6) is 5.75 Å². The Kier molecular flexibility index (Phi) is 5.79. The molecular weight excluding hydrogens is 374 g/mol. The van der Waals surface area contributed by atoms with E-state index >= 15 is 0 Å². The van der Waals surface area contributed by atoms with Gasteiger partial charge in [0.25, 0.3) is 0 Å². The zero-order valence-electron chi connectivity index (χ0n) is 16.8. The molecule has 0 aromatic heterocycles. The summed E-state index contributed by atoms with van der Waals surface area (Å²) < 4.78 is 16.4.